The number of halogens is 2. The van der Waals surface area contributed by atoms with Crippen molar-refractivity contribution in [2.24, 2.45) is 0 Å². The van der Waals surface area contributed by atoms with Gasteiger partial charge in [0.2, 0.25) is 0 Å². The number of rotatable bonds is 6. The molecule has 1 atom stereocenters. The van der Waals surface area contributed by atoms with E-state index in [1.54, 1.807) is 12.4 Å². The predicted octanol–water partition coefficient (Wildman–Crippen LogP) is 9.22. The molecule has 0 amide bonds. The van der Waals surface area contributed by atoms with Gasteiger partial charge >= 0.3 is 0 Å². The van der Waals surface area contributed by atoms with Crippen LogP contribution in [0.5, 0.6) is 0 Å². The topological polar surface area (TPSA) is 93.6 Å². The summed E-state index contributed by atoms with van der Waals surface area (Å²) in [6.45, 7) is 0. The number of nitrogens with zero attached hydrogens (tertiary/aromatic N) is 4. The molecule has 2 heterocycles. The van der Waals surface area contributed by atoms with Crippen molar-refractivity contribution in [2.45, 2.75) is 12.5 Å². The minimum absolute atomic E-state index is 0.332. The first-order chi connectivity index (χ1) is 22.0. The summed E-state index contributed by atoms with van der Waals surface area (Å²) >= 11 is 12.0. The highest BCUT2D eigenvalue weighted by Crippen LogP contribution is 2.30. The highest BCUT2D eigenvalue weighted by Gasteiger charge is 2.13. The van der Waals surface area contributed by atoms with Crippen LogP contribution >= 0.6 is 23.2 Å². The molecule has 2 aromatic heterocycles. The molecule has 6 aromatic rings. The number of benzene rings is 4. The van der Waals surface area contributed by atoms with Gasteiger partial charge in [-0.05, 0) is 39.8 Å². The van der Waals surface area contributed by atoms with Crippen molar-refractivity contribution in [3.05, 3.63) is 177 Å². The Morgan fingerprint density at radius 2 is 0.978 bits per heavy atom. The lowest BCUT2D eigenvalue weighted by Crippen LogP contribution is -1.99. The van der Waals surface area contributed by atoms with Crippen LogP contribution in [0.2, 0.25) is 10.0 Å². The van der Waals surface area contributed by atoms with Crippen LogP contribution in [0.15, 0.2) is 134 Å². The Morgan fingerprint density at radius 3 is 1.47 bits per heavy atom. The number of aliphatic hydroxyl groups is 1. The summed E-state index contributed by atoms with van der Waals surface area (Å²) in [4.78, 5) is 8.12. The Hall–Kier alpha value is -5.30. The Bertz CT molecular complexity index is 1970. The minimum Gasteiger partial charge on any atom is -0.384 e. The van der Waals surface area contributed by atoms with Gasteiger partial charge in [-0.15, -0.1) is 0 Å². The van der Waals surface area contributed by atoms with Gasteiger partial charge in [0.1, 0.15) is 18.2 Å². The molecule has 4 aromatic carbocycles. The lowest BCUT2D eigenvalue weighted by Gasteiger charge is -2.12. The van der Waals surface area contributed by atoms with E-state index >= 15 is 0 Å². The molecule has 0 saturated heterocycles. The summed E-state index contributed by atoms with van der Waals surface area (Å²) in [5.41, 5.74) is 8.22. The molecule has 0 aliphatic rings. The third kappa shape index (κ3) is 7.62. The zero-order chi connectivity index (χ0) is 31.6. The van der Waals surface area contributed by atoms with Crippen LogP contribution in [0.3, 0.4) is 0 Å². The predicted molar refractivity (Wildman–Crippen MR) is 179 cm³/mol. The summed E-state index contributed by atoms with van der Waals surface area (Å²) in [5, 5.41) is 29.6. The zero-order valence-electron chi connectivity index (χ0n) is 24.0. The van der Waals surface area contributed by atoms with Crippen molar-refractivity contribution in [1.29, 1.82) is 10.5 Å². The number of aliphatic hydroxyl groups excluding tert-OH is 1. The van der Waals surface area contributed by atoms with Gasteiger partial charge in [-0.1, -0.05) is 132 Å². The Morgan fingerprint density at radius 1 is 0.556 bits per heavy atom. The Kier molecular flexibility index (Phi) is 10.3. The van der Waals surface area contributed by atoms with Crippen molar-refractivity contribution in [3.63, 3.8) is 0 Å². The molecule has 5 nitrogen and oxygen atoms in total. The van der Waals surface area contributed by atoms with E-state index in [2.05, 4.69) is 46.4 Å². The second-order valence-corrected chi connectivity index (χ2v) is 10.9. The lowest BCUT2D eigenvalue weighted by molar-refractivity contribution is 0.220. The maximum absolute atomic E-state index is 10.4. The van der Waals surface area contributed by atoms with Crippen LogP contribution in [0.25, 0.3) is 22.3 Å². The SMILES string of the molecule is N#Cc1c(Cl)cncc1-c1ccc(C(O)c2ccccc2)cc1.N#Cc1c(Cl)cncc1-c1ccc(Cc2ccccc2)cc1. The summed E-state index contributed by atoms with van der Waals surface area (Å²) < 4.78 is 0. The van der Waals surface area contributed by atoms with Gasteiger partial charge in [-0.2, -0.15) is 10.5 Å². The van der Waals surface area contributed by atoms with Gasteiger partial charge in [0.15, 0.2) is 0 Å². The molecule has 0 aliphatic heterocycles. The number of aromatic nitrogens is 2. The summed E-state index contributed by atoms with van der Waals surface area (Å²) in [6, 6.07) is 39.6. The first kappa shape index (κ1) is 31.1. The van der Waals surface area contributed by atoms with Crippen LogP contribution in [0.1, 0.15) is 39.5 Å². The number of pyridine rings is 2. The normalized spacial score (nSPS) is 11.0. The molecular formula is C38H26Cl2N4O. The lowest BCUT2D eigenvalue weighted by atomic mass is 9.97. The Balaban J connectivity index is 0.000000178. The van der Waals surface area contributed by atoms with Crippen LogP contribution < -0.4 is 0 Å². The second-order valence-electron chi connectivity index (χ2n) is 10.1. The van der Waals surface area contributed by atoms with Gasteiger partial charge in [0.25, 0.3) is 0 Å². The van der Waals surface area contributed by atoms with Crippen LogP contribution in [-0.4, -0.2) is 15.1 Å². The molecule has 7 heteroatoms. The largest absolute Gasteiger partial charge is 0.384 e. The zero-order valence-corrected chi connectivity index (χ0v) is 25.5. The molecule has 0 saturated carbocycles. The quantitative estimate of drug-likeness (QED) is 0.199. The molecule has 0 spiro atoms. The molecule has 0 aliphatic carbocycles. The smallest absolute Gasteiger partial charge is 0.104 e. The molecule has 218 valence electrons. The molecule has 6 rings (SSSR count). The van der Waals surface area contributed by atoms with Crippen LogP contribution in [0.4, 0.5) is 0 Å². The van der Waals surface area contributed by atoms with E-state index in [-0.39, 0.29) is 0 Å². The summed E-state index contributed by atoms with van der Waals surface area (Å²) in [7, 11) is 0. The van der Waals surface area contributed by atoms with E-state index in [9.17, 15) is 15.6 Å². The average molecular weight is 626 g/mol. The Labute approximate surface area is 272 Å². The average Bonchev–Trinajstić information content (AvgIpc) is 3.09. The highest BCUT2D eigenvalue weighted by atomic mass is 35.5. The standard InChI is InChI=1S/C19H13ClN2O.C19H13ClN2/c20-18-12-22-11-17(16(18)10-21)13-6-8-15(9-7-13)19(23)14-4-2-1-3-5-14;20-19-13-22-12-18(17(19)11-21)16-8-6-15(7-9-16)10-14-4-2-1-3-5-14/h1-9,11-12,19,23H;1-9,12-13H,10H2. The van der Waals surface area contributed by atoms with Crippen molar-refractivity contribution in [3.8, 4) is 34.4 Å². The molecule has 45 heavy (non-hydrogen) atoms. The summed E-state index contributed by atoms with van der Waals surface area (Å²) in [6.07, 6.45) is 6.45. The second kappa shape index (κ2) is 14.9. The van der Waals surface area contributed by atoms with E-state index in [4.69, 9.17) is 23.2 Å². The maximum atomic E-state index is 10.4. The van der Waals surface area contributed by atoms with E-state index in [0.717, 1.165) is 34.2 Å². The minimum atomic E-state index is -0.682. The first-order valence-electron chi connectivity index (χ1n) is 14.0. The van der Waals surface area contributed by atoms with Crippen LogP contribution in [0, 0.1) is 22.7 Å². The molecule has 1 N–H and O–H groups in total. The van der Waals surface area contributed by atoms with E-state index in [1.165, 1.54) is 23.5 Å². The fraction of sp³-hybridized carbons (Fsp3) is 0.0526. The molecule has 0 radical (unpaired) electrons. The molecule has 1 unspecified atom stereocenters. The van der Waals surface area contributed by atoms with Gasteiger partial charge in [0.05, 0.1) is 21.2 Å². The first-order valence-corrected chi connectivity index (χ1v) is 14.8. The monoisotopic (exact) mass is 624 g/mol. The fourth-order valence-electron chi connectivity index (χ4n) is 4.84. The number of nitriles is 2. The fourth-order valence-corrected chi connectivity index (χ4v) is 5.24. The van der Waals surface area contributed by atoms with E-state index in [1.807, 2.05) is 84.9 Å². The highest BCUT2D eigenvalue weighted by molar-refractivity contribution is 6.32. The van der Waals surface area contributed by atoms with Gasteiger partial charge in [0, 0.05) is 35.9 Å². The van der Waals surface area contributed by atoms with Crippen molar-refractivity contribution in [1.82, 2.24) is 9.97 Å². The number of hydrogen-bond donors (Lipinski definition) is 1. The molecular weight excluding hydrogens is 599 g/mol. The van der Waals surface area contributed by atoms with Gasteiger partial charge in [-0.3, -0.25) is 9.97 Å². The van der Waals surface area contributed by atoms with Gasteiger partial charge < -0.3 is 5.11 Å². The van der Waals surface area contributed by atoms with Gasteiger partial charge in [-0.25, -0.2) is 0 Å². The third-order valence-corrected chi connectivity index (χ3v) is 7.76. The van der Waals surface area contributed by atoms with Crippen molar-refractivity contribution in [2.75, 3.05) is 0 Å². The summed E-state index contributed by atoms with van der Waals surface area (Å²) in [5.74, 6) is 0. The van der Waals surface area contributed by atoms with Crippen LogP contribution in [-0.2, 0) is 6.42 Å². The van der Waals surface area contributed by atoms with E-state index < -0.39 is 6.10 Å². The van der Waals surface area contributed by atoms with E-state index in [0.29, 0.717) is 26.7 Å². The van der Waals surface area contributed by atoms with Crippen molar-refractivity contribution < 1.29 is 5.11 Å². The number of hydrogen-bond acceptors (Lipinski definition) is 5. The van der Waals surface area contributed by atoms with Crippen molar-refractivity contribution >= 4 is 23.2 Å². The molecule has 0 fully saturated rings. The third-order valence-electron chi connectivity index (χ3n) is 7.19. The molecule has 0 bridgehead atoms. The maximum Gasteiger partial charge on any atom is 0.104 e.